The van der Waals surface area contributed by atoms with Crippen LogP contribution in [0.3, 0.4) is 0 Å². The quantitative estimate of drug-likeness (QED) is 0.509. The van der Waals surface area contributed by atoms with E-state index >= 15 is 0 Å². The summed E-state index contributed by atoms with van der Waals surface area (Å²) in [6, 6.07) is 10.8. The Hall–Kier alpha value is -0.900. The Balaban J connectivity index is 2.56. The molecule has 0 aliphatic rings. The minimum atomic E-state index is -0.139. The number of hydrogen-bond acceptors (Lipinski definition) is 3. The summed E-state index contributed by atoms with van der Waals surface area (Å²) in [5.41, 5.74) is 4.24. The Bertz CT molecular complexity index is 349. The van der Waals surface area contributed by atoms with Crippen LogP contribution in [0.4, 0.5) is 0 Å². The van der Waals surface area contributed by atoms with E-state index in [0.29, 0.717) is 0 Å². The van der Waals surface area contributed by atoms with Gasteiger partial charge in [-0.1, -0.05) is 44.2 Å². The van der Waals surface area contributed by atoms with Gasteiger partial charge in [0.2, 0.25) is 0 Å². The van der Waals surface area contributed by atoms with Gasteiger partial charge in [0.15, 0.2) is 0 Å². The van der Waals surface area contributed by atoms with Crippen molar-refractivity contribution in [2.75, 3.05) is 6.61 Å². The Kier molecular flexibility index (Phi) is 7.82. The molecule has 0 radical (unpaired) electrons. The first kappa shape index (κ1) is 17.2. The van der Waals surface area contributed by atoms with Gasteiger partial charge in [-0.05, 0) is 44.6 Å². The van der Waals surface area contributed by atoms with E-state index in [4.69, 9.17) is 10.6 Å². The fourth-order valence-corrected chi connectivity index (χ4v) is 2.99. The molecule has 1 atom stereocenters. The predicted octanol–water partition coefficient (Wildman–Crippen LogP) is 3.44. The van der Waals surface area contributed by atoms with Gasteiger partial charge >= 0.3 is 0 Å². The summed E-state index contributed by atoms with van der Waals surface area (Å²) in [6.07, 6.45) is 5.21. The largest absolute Gasteiger partial charge is 0.374 e. The number of benzene rings is 1. The lowest BCUT2D eigenvalue weighted by Gasteiger charge is -2.39. The maximum atomic E-state index is 6.04. The van der Waals surface area contributed by atoms with Crippen molar-refractivity contribution in [1.82, 2.24) is 5.43 Å². The zero-order valence-electron chi connectivity index (χ0n) is 13.2. The molecule has 20 heavy (non-hydrogen) atoms. The van der Waals surface area contributed by atoms with Gasteiger partial charge in [-0.25, -0.2) is 0 Å². The number of ether oxygens (including phenoxy) is 1. The third-order valence-corrected chi connectivity index (χ3v) is 4.27. The van der Waals surface area contributed by atoms with E-state index in [-0.39, 0.29) is 11.6 Å². The van der Waals surface area contributed by atoms with E-state index in [2.05, 4.69) is 56.5 Å². The van der Waals surface area contributed by atoms with E-state index in [1.165, 1.54) is 5.56 Å². The summed E-state index contributed by atoms with van der Waals surface area (Å²) >= 11 is 0. The Morgan fingerprint density at radius 3 is 2.30 bits per heavy atom. The average molecular weight is 278 g/mol. The summed E-state index contributed by atoms with van der Waals surface area (Å²) < 4.78 is 6.04. The molecule has 1 aromatic rings. The first-order valence-corrected chi connectivity index (χ1v) is 7.86. The second-order valence-corrected chi connectivity index (χ2v) is 5.30. The molecule has 3 heteroatoms. The molecule has 0 aromatic heterocycles. The summed E-state index contributed by atoms with van der Waals surface area (Å²) in [5, 5.41) is 0. The fraction of sp³-hybridized carbons (Fsp3) is 0.647. The summed E-state index contributed by atoms with van der Waals surface area (Å²) in [5.74, 6) is 5.79. The molecular weight excluding hydrogens is 248 g/mol. The molecule has 0 spiro atoms. The predicted molar refractivity (Wildman–Crippen MR) is 85.4 cm³/mol. The van der Waals surface area contributed by atoms with Crippen LogP contribution in [0.25, 0.3) is 0 Å². The molecule has 0 saturated heterocycles. The number of nitrogens with one attached hydrogen (secondary N) is 1. The Labute approximate surface area is 123 Å². The Morgan fingerprint density at radius 2 is 1.80 bits per heavy atom. The highest BCUT2D eigenvalue weighted by Crippen LogP contribution is 2.27. The number of aryl methyl sites for hydroxylation is 1. The van der Waals surface area contributed by atoms with Crippen molar-refractivity contribution in [2.24, 2.45) is 5.84 Å². The van der Waals surface area contributed by atoms with E-state index in [1.807, 2.05) is 0 Å². The molecule has 114 valence electrons. The van der Waals surface area contributed by atoms with E-state index < -0.39 is 0 Å². The molecule has 0 fully saturated rings. The maximum Gasteiger partial charge on any atom is 0.0842 e. The van der Waals surface area contributed by atoms with Crippen molar-refractivity contribution < 1.29 is 4.74 Å². The molecule has 3 N–H and O–H groups in total. The van der Waals surface area contributed by atoms with E-state index in [1.54, 1.807) is 0 Å². The minimum absolute atomic E-state index is 0.139. The first-order valence-electron chi connectivity index (χ1n) is 7.86. The van der Waals surface area contributed by atoms with Crippen LogP contribution >= 0.6 is 0 Å². The lowest BCUT2D eigenvalue weighted by molar-refractivity contribution is -0.0741. The van der Waals surface area contributed by atoms with Crippen LogP contribution in [0.5, 0.6) is 0 Å². The van der Waals surface area contributed by atoms with E-state index in [0.717, 1.165) is 38.7 Å². The van der Waals surface area contributed by atoms with Crippen LogP contribution in [0.2, 0.25) is 0 Å². The van der Waals surface area contributed by atoms with Gasteiger partial charge in [0.1, 0.15) is 0 Å². The highest BCUT2D eigenvalue weighted by molar-refractivity contribution is 5.14. The monoisotopic (exact) mass is 278 g/mol. The Morgan fingerprint density at radius 1 is 1.15 bits per heavy atom. The zero-order valence-corrected chi connectivity index (χ0v) is 13.2. The van der Waals surface area contributed by atoms with Crippen molar-refractivity contribution in [2.45, 2.75) is 64.5 Å². The third kappa shape index (κ3) is 4.58. The van der Waals surface area contributed by atoms with Gasteiger partial charge in [-0.2, -0.15) is 0 Å². The van der Waals surface area contributed by atoms with Gasteiger partial charge in [-0.15, -0.1) is 0 Å². The molecule has 0 heterocycles. The topological polar surface area (TPSA) is 47.3 Å². The van der Waals surface area contributed by atoms with Crippen LogP contribution in [0, 0.1) is 0 Å². The van der Waals surface area contributed by atoms with Gasteiger partial charge in [0.25, 0.3) is 0 Å². The molecule has 0 bridgehead atoms. The molecular formula is C17H30N2O. The molecule has 0 amide bonds. The van der Waals surface area contributed by atoms with Gasteiger partial charge in [0, 0.05) is 6.61 Å². The molecule has 0 aliphatic carbocycles. The molecule has 3 nitrogen and oxygen atoms in total. The first-order chi connectivity index (χ1) is 9.72. The van der Waals surface area contributed by atoms with Gasteiger partial charge < -0.3 is 4.74 Å². The SMILES string of the molecule is CCOC(CC)(CC)C(CCCc1ccccc1)NN. The standard InChI is InChI=1S/C17H30N2O/c1-4-17(5-2,20-6-3)16(19-18)14-10-13-15-11-8-7-9-12-15/h7-9,11-12,16,19H,4-6,10,13-14,18H2,1-3H3. The normalized spacial score (nSPS) is 13.4. The highest BCUT2D eigenvalue weighted by Gasteiger charge is 2.35. The van der Waals surface area contributed by atoms with Crippen LogP contribution in [0.1, 0.15) is 52.0 Å². The van der Waals surface area contributed by atoms with Crippen molar-refractivity contribution in [3.8, 4) is 0 Å². The number of rotatable bonds is 10. The van der Waals surface area contributed by atoms with Gasteiger partial charge in [-0.3, -0.25) is 11.3 Å². The molecule has 1 rings (SSSR count). The molecule has 1 aromatic carbocycles. The highest BCUT2D eigenvalue weighted by atomic mass is 16.5. The van der Waals surface area contributed by atoms with Crippen LogP contribution in [-0.2, 0) is 11.2 Å². The van der Waals surface area contributed by atoms with E-state index in [9.17, 15) is 0 Å². The molecule has 0 saturated carbocycles. The van der Waals surface area contributed by atoms with Gasteiger partial charge in [0.05, 0.1) is 11.6 Å². The fourth-order valence-electron chi connectivity index (χ4n) is 2.99. The van der Waals surface area contributed by atoms with Crippen LogP contribution < -0.4 is 11.3 Å². The minimum Gasteiger partial charge on any atom is -0.374 e. The third-order valence-electron chi connectivity index (χ3n) is 4.27. The lowest BCUT2D eigenvalue weighted by Crippen LogP contribution is -2.54. The van der Waals surface area contributed by atoms with Crippen molar-refractivity contribution in [3.05, 3.63) is 35.9 Å². The summed E-state index contributed by atoms with van der Waals surface area (Å²) in [7, 11) is 0. The maximum absolute atomic E-state index is 6.04. The zero-order chi connectivity index (χ0) is 14.8. The second-order valence-electron chi connectivity index (χ2n) is 5.30. The van der Waals surface area contributed by atoms with Crippen LogP contribution in [0.15, 0.2) is 30.3 Å². The van der Waals surface area contributed by atoms with Crippen molar-refractivity contribution in [1.29, 1.82) is 0 Å². The summed E-state index contributed by atoms with van der Waals surface area (Å²) in [4.78, 5) is 0. The van der Waals surface area contributed by atoms with Crippen LogP contribution in [-0.4, -0.2) is 18.2 Å². The molecule has 1 unspecified atom stereocenters. The van der Waals surface area contributed by atoms with Crippen molar-refractivity contribution in [3.63, 3.8) is 0 Å². The summed E-state index contributed by atoms with van der Waals surface area (Å²) in [6.45, 7) is 7.15. The number of hydrogen-bond donors (Lipinski definition) is 2. The second kappa shape index (κ2) is 9.11. The average Bonchev–Trinajstić information content (AvgIpc) is 2.51. The van der Waals surface area contributed by atoms with Crippen molar-refractivity contribution >= 4 is 0 Å². The molecule has 0 aliphatic heterocycles. The number of hydrazine groups is 1. The lowest BCUT2D eigenvalue weighted by atomic mass is 9.85. The number of nitrogens with two attached hydrogens (primary N) is 1. The smallest absolute Gasteiger partial charge is 0.0842 e.